The minimum atomic E-state index is -1.49. The molecule has 121 valence electrons. The summed E-state index contributed by atoms with van der Waals surface area (Å²) in [5, 5.41) is 11.0. The van der Waals surface area contributed by atoms with Gasteiger partial charge >= 0.3 is 12.0 Å². The number of benzene rings is 1. The van der Waals surface area contributed by atoms with Gasteiger partial charge in [0.25, 0.3) is 0 Å². The van der Waals surface area contributed by atoms with E-state index >= 15 is 0 Å². The van der Waals surface area contributed by atoms with E-state index in [0.29, 0.717) is 0 Å². The van der Waals surface area contributed by atoms with Gasteiger partial charge in [0.15, 0.2) is 11.8 Å². The van der Waals surface area contributed by atoms with Crippen molar-refractivity contribution in [2.75, 3.05) is 13.6 Å². The van der Waals surface area contributed by atoms with Gasteiger partial charge in [-0.3, -0.25) is 14.4 Å². The molecule has 0 saturated carbocycles. The average Bonchev–Trinajstić information content (AvgIpc) is 2.56. The van der Waals surface area contributed by atoms with Crippen molar-refractivity contribution in [3.8, 4) is 0 Å². The topological polar surface area (TPSA) is 104 Å². The van der Waals surface area contributed by atoms with Gasteiger partial charge in [-0.15, -0.1) is 0 Å². The van der Waals surface area contributed by atoms with E-state index in [0.717, 1.165) is 10.5 Å². The molecule has 0 aliphatic carbocycles. The quantitative estimate of drug-likeness (QED) is 0.547. The van der Waals surface area contributed by atoms with Crippen LogP contribution in [0.1, 0.15) is 12.0 Å². The molecule has 0 saturated heterocycles. The van der Waals surface area contributed by atoms with Crippen molar-refractivity contribution < 1.29 is 24.3 Å². The lowest BCUT2D eigenvalue weighted by Crippen LogP contribution is -2.50. The molecule has 1 unspecified atom stereocenters. The predicted molar refractivity (Wildman–Crippen MR) is 83.4 cm³/mol. The van der Waals surface area contributed by atoms with Gasteiger partial charge in [-0.1, -0.05) is 36.4 Å². The Bertz CT molecular complexity index is 598. The molecule has 0 aliphatic heterocycles. The van der Waals surface area contributed by atoms with Crippen LogP contribution in [0.15, 0.2) is 36.4 Å². The molecule has 2 N–H and O–H groups in total. The molecule has 2 amide bonds. The zero-order valence-electron chi connectivity index (χ0n) is 12.6. The van der Waals surface area contributed by atoms with Crippen LogP contribution in [-0.2, 0) is 14.4 Å². The Kier molecular flexibility index (Phi) is 7.19. The third-order valence-electron chi connectivity index (χ3n) is 2.97. The molecule has 1 aromatic carbocycles. The van der Waals surface area contributed by atoms with E-state index < -0.39 is 23.8 Å². The Balaban J connectivity index is 2.89. The lowest BCUT2D eigenvalue weighted by Gasteiger charge is -2.25. The predicted octanol–water partition coefficient (Wildman–Crippen LogP) is 0.863. The normalized spacial score (nSPS) is 11.7. The van der Waals surface area contributed by atoms with Crippen LogP contribution in [0.4, 0.5) is 4.79 Å². The van der Waals surface area contributed by atoms with Crippen molar-refractivity contribution in [1.82, 2.24) is 10.2 Å². The summed E-state index contributed by atoms with van der Waals surface area (Å²) >= 11 is 0. The van der Waals surface area contributed by atoms with Crippen molar-refractivity contribution >= 4 is 30.1 Å². The molecule has 7 heteroatoms. The molecule has 1 radical (unpaired) electrons. The smallest absolute Gasteiger partial charge is 0.318 e. The summed E-state index contributed by atoms with van der Waals surface area (Å²) in [5.41, 5.74) is 0.752. The second kappa shape index (κ2) is 9.14. The van der Waals surface area contributed by atoms with Crippen LogP contribution >= 0.6 is 0 Å². The molecule has 1 aromatic rings. The zero-order chi connectivity index (χ0) is 17.2. The van der Waals surface area contributed by atoms with Crippen LogP contribution < -0.4 is 5.32 Å². The van der Waals surface area contributed by atoms with Crippen LogP contribution in [0.25, 0.3) is 6.08 Å². The largest absolute Gasteiger partial charge is 0.481 e. The lowest BCUT2D eigenvalue weighted by molar-refractivity contribution is -0.137. The third-order valence-corrected chi connectivity index (χ3v) is 2.97. The number of carboxylic acids is 1. The van der Waals surface area contributed by atoms with Crippen molar-refractivity contribution in [3.05, 3.63) is 42.0 Å². The van der Waals surface area contributed by atoms with E-state index in [4.69, 9.17) is 5.11 Å². The number of nitrogens with zero attached hydrogens (tertiary/aromatic N) is 1. The number of rotatable bonds is 8. The number of nitrogens with one attached hydrogen (secondary N) is 1. The monoisotopic (exact) mass is 317 g/mol. The van der Waals surface area contributed by atoms with E-state index in [1.165, 1.54) is 25.5 Å². The first kappa shape index (κ1) is 18.1. The highest BCUT2D eigenvalue weighted by molar-refractivity contribution is 6.08. The minimum absolute atomic E-state index is 0.278. The highest BCUT2D eigenvalue weighted by Gasteiger charge is 2.28. The highest BCUT2D eigenvalue weighted by atomic mass is 16.4. The number of aliphatic carboxylic acids is 1. The van der Waals surface area contributed by atoms with Crippen molar-refractivity contribution in [3.63, 3.8) is 0 Å². The van der Waals surface area contributed by atoms with Gasteiger partial charge in [0.05, 0.1) is 6.42 Å². The first-order chi connectivity index (χ1) is 11.0. The average molecular weight is 317 g/mol. The number of hydrogen-bond acceptors (Lipinski definition) is 4. The summed E-state index contributed by atoms with van der Waals surface area (Å²) in [6.45, 7) is -0.278. The molecule has 0 spiro atoms. The van der Waals surface area contributed by atoms with E-state index in [1.807, 2.05) is 6.07 Å². The van der Waals surface area contributed by atoms with Gasteiger partial charge in [0.1, 0.15) is 0 Å². The van der Waals surface area contributed by atoms with Crippen molar-refractivity contribution in [2.24, 2.45) is 0 Å². The molecule has 1 rings (SSSR count). The fraction of sp³-hybridized carbons (Fsp3) is 0.250. The van der Waals surface area contributed by atoms with Gasteiger partial charge < -0.3 is 15.3 Å². The minimum Gasteiger partial charge on any atom is -0.481 e. The van der Waals surface area contributed by atoms with Gasteiger partial charge in [0, 0.05) is 13.6 Å². The molecule has 7 nitrogen and oxygen atoms in total. The molecule has 1 atom stereocenters. The molecule has 0 fully saturated rings. The van der Waals surface area contributed by atoms with Crippen molar-refractivity contribution in [2.45, 2.75) is 12.5 Å². The van der Waals surface area contributed by atoms with E-state index in [2.05, 4.69) is 5.32 Å². The van der Waals surface area contributed by atoms with E-state index in [1.54, 1.807) is 24.3 Å². The van der Waals surface area contributed by atoms with Gasteiger partial charge in [0.2, 0.25) is 6.29 Å². The molecule has 0 aromatic heterocycles. The van der Waals surface area contributed by atoms with Crippen LogP contribution in [0.2, 0.25) is 0 Å². The Hall–Kier alpha value is -2.96. The summed E-state index contributed by atoms with van der Waals surface area (Å²) in [6, 6.07) is 6.72. The van der Waals surface area contributed by atoms with E-state index in [9.17, 15) is 19.2 Å². The SMILES string of the molecule is CNC(=O)N(CCC(=O)O)C([C]=O)C(=O)C=Cc1ccccc1. The Labute approximate surface area is 133 Å². The van der Waals surface area contributed by atoms with Gasteiger partial charge in [-0.25, -0.2) is 4.79 Å². The van der Waals surface area contributed by atoms with Gasteiger partial charge in [-0.05, 0) is 11.6 Å². The fourth-order valence-corrected chi connectivity index (χ4v) is 1.82. The summed E-state index contributed by atoms with van der Waals surface area (Å²) in [4.78, 5) is 46.5. The molecular weight excluding hydrogens is 300 g/mol. The maximum absolute atomic E-state index is 12.1. The Morgan fingerprint density at radius 1 is 1.30 bits per heavy atom. The molecular formula is C16H17N2O5. The lowest BCUT2D eigenvalue weighted by atomic mass is 10.1. The maximum atomic E-state index is 12.1. The van der Waals surface area contributed by atoms with E-state index in [-0.39, 0.29) is 13.0 Å². The number of carbonyl (C=O) groups excluding carboxylic acids is 3. The van der Waals surface area contributed by atoms with Crippen LogP contribution in [0, 0.1) is 0 Å². The standard InChI is InChI=1S/C16H17N2O5/c1-17-16(23)18(10-9-15(21)22)13(11-19)14(20)8-7-12-5-3-2-4-6-12/h2-8,13H,9-10H2,1H3,(H,17,23)(H,21,22). The van der Waals surface area contributed by atoms with Crippen LogP contribution in [0.5, 0.6) is 0 Å². The molecule has 0 heterocycles. The number of amides is 2. The fourth-order valence-electron chi connectivity index (χ4n) is 1.82. The first-order valence-electron chi connectivity index (χ1n) is 6.84. The summed E-state index contributed by atoms with van der Waals surface area (Å²) in [6.07, 6.45) is 3.79. The molecule has 0 bridgehead atoms. The zero-order valence-corrected chi connectivity index (χ0v) is 12.6. The summed E-state index contributed by atoms with van der Waals surface area (Å²) < 4.78 is 0. The number of carbonyl (C=O) groups is 3. The number of hydrogen-bond donors (Lipinski definition) is 2. The van der Waals surface area contributed by atoms with Crippen LogP contribution in [0.3, 0.4) is 0 Å². The first-order valence-corrected chi connectivity index (χ1v) is 6.84. The summed E-state index contributed by atoms with van der Waals surface area (Å²) in [7, 11) is 1.32. The maximum Gasteiger partial charge on any atom is 0.318 e. The number of ketones is 1. The van der Waals surface area contributed by atoms with Gasteiger partial charge in [-0.2, -0.15) is 0 Å². The Morgan fingerprint density at radius 2 is 1.96 bits per heavy atom. The number of carboxylic acid groups (broad SMARTS) is 1. The third kappa shape index (κ3) is 5.74. The Morgan fingerprint density at radius 3 is 2.48 bits per heavy atom. The summed E-state index contributed by atoms with van der Waals surface area (Å²) in [5.74, 6) is -1.80. The number of urea groups is 1. The van der Waals surface area contributed by atoms with Crippen molar-refractivity contribution in [1.29, 1.82) is 0 Å². The molecule has 0 aliphatic rings. The second-order valence-corrected chi connectivity index (χ2v) is 4.56. The molecule has 23 heavy (non-hydrogen) atoms. The second-order valence-electron chi connectivity index (χ2n) is 4.56. The highest BCUT2D eigenvalue weighted by Crippen LogP contribution is 2.06. The van der Waals surface area contributed by atoms with Crippen LogP contribution in [-0.4, -0.2) is 53.7 Å².